The van der Waals surface area contributed by atoms with Gasteiger partial charge in [0.2, 0.25) is 0 Å². The second-order valence-electron chi connectivity index (χ2n) is 16.0. The standard InChI is InChI=1S/C42H42N6O7S2/c1-21-12-30(49)36-31(52-21)16-32-35(37(36)50)25-4-3-8-42-33(55-42)6-5-22-13-28(47-34(43)14-22)26-15-24(18-48-17-23-7-10-45-29(23)19-48)46-39(44)27(26)20-57-56-11-9-41(2,54-32)38(25)53-40(42)51/h7,10,12-16,19,25,33,38,50H,3-6,8-9,11,17-18,20H2,1-2H3,(H2,43,47)(H2,44,46)/t25-,33-,38-,41+,42-/m1/s1. The summed E-state index contributed by atoms with van der Waals surface area (Å²) in [7, 11) is 3.31. The van der Waals surface area contributed by atoms with Crippen LogP contribution >= 0.6 is 21.6 Å². The molecule has 294 valence electrons. The van der Waals surface area contributed by atoms with Crippen molar-refractivity contribution in [3.63, 3.8) is 0 Å². The van der Waals surface area contributed by atoms with Gasteiger partial charge < -0.3 is 40.1 Å². The first kappa shape index (κ1) is 36.4. The van der Waals surface area contributed by atoms with Gasteiger partial charge in [0.1, 0.15) is 51.6 Å². The fourth-order valence-corrected chi connectivity index (χ4v) is 11.6. The van der Waals surface area contributed by atoms with Crippen molar-refractivity contribution in [2.75, 3.05) is 23.8 Å². The number of hydrogen-bond donors (Lipinski definition) is 3. The highest BCUT2D eigenvalue weighted by molar-refractivity contribution is 8.76. The molecule has 0 aliphatic carbocycles. The molecule has 0 amide bonds. The highest BCUT2D eigenvalue weighted by Gasteiger charge is 2.65. The van der Waals surface area contributed by atoms with E-state index < -0.39 is 29.2 Å². The molecule has 5 N–H and O–H groups in total. The Labute approximate surface area is 336 Å². The Hall–Kier alpha value is -4.99. The minimum atomic E-state index is -1.07. The van der Waals surface area contributed by atoms with Crippen molar-refractivity contribution < 1.29 is 28.5 Å². The Balaban J connectivity index is 1.01. The maximum Gasteiger partial charge on any atom is 0.341 e. The van der Waals surface area contributed by atoms with Crippen molar-refractivity contribution in [2.45, 2.75) is 94.0 Å². The van der Waals surface area contributed by atoms with Crippen LogP contribution in [-0.4, -0.2) is 67.9 Å². The summed E-state index contributed by atoms with van der Waals surface area (Å²) in [6, 6.07) is 9.06. The van der Waals surface area contributed by atoms with Crippen LogP contribution in [0.1, 0.15) is 73.1 Å². The van der Waals surface area contributed by atoms with Crippen LogP contribution in [0.2, 0.25) is 0 Å². The van der Waals surface area contributed by atoms with Crippen molar-refractivity contribution in [3.8, 4) is 22.8 Å². The Morgan fingerprint density at radius 2 is 1.95 bits per heavy atom. The average molecular weight is 807 g/mol. The quantitative estimate of drug-likeness (QED) is 0.113. The number of phenolic OH excluding ortho intramolecular Hbond substituents is 1. The fourth-order valence-electron chi connectivity index (χ4n) is 9.33. The molecule has 4 bridgehead atoms. The minimum Gasteiger partial charge on any atom is -0.507 e. The molecule has 0 saturated carbocycles. The van der Waals surface area contributed by atoms with E-state index >= 15 is 0 Å². The second-order valence-corrected chi connectivity index (χ2v) is 18.6. The molecule has 13 nitrogen and oxygen atoms in total. The number of phenols is 1. The number of esters is 1. The van der Waals surface area contributed by atoms with Crippen molar-refractivity contribution in [1.29, 1.82) is 0 Å². The van der Waals surface area contributed by atoms with E-state index in [1.807, 2.05) is 25.3 Å². The average Bonchev–Trinajstić information content (AvgIpc) is 3.47. The van der Waals surface area contributed by atoms with Gasteiger partial charge in [-0.2, -0.15) is 0 Å². The molecule has 2 fully saturated rings. The molecule has 0 radical (unpaired) electrons. The van der Waals surface area contributed by atoms with E-state index in [9.17, 15) is 14.7 Å². The summed E-state index contributed by atoms with van der Waals surface area (Å²) in [5.74, 6) is 1.87. The van der Waals surface area contributed by atoms with Crippen LogP contribution in [0, 0.1) is 6.92 Å². The van der Waals surface area contributed by atoms with E-state index in [4.69, 9.17) is 40.1 Å². The normalized spacial score (nSPS) is 27.7. The minimum absolute atomic E-state index is 0.0956. The number of nitrogens with zero attached hydrogens (tertiary/aromatic N) is 4. The summed E-state index contributed by atoms with van der Waals surface area (Å²) in [6.07, 6.45) is 8.23. The highest BCUT2D eigenvalue weighted by atomic mass is 33.1. The van der Waals surface area contributed by atoms with Gasteiger partial charge in [0.25, 0.3) is 0 Å². The van der Waals surface area contributed by atoms with Crippen molar-refractivity contribution >= 4 is 56.4 Å². The first-order valence-electron chi connectivity index (χ1n) is 19.4. The summed E-state index contributed by atoms with van der Waals surface area (Å²) in [6.45, 7) is 4.97. The van der Waals surface area contributed by atoms with Crippen LogP contribution in [0.15, 0.2) is 68.1 Å². The lowest BCUT2D eigenvalue weighted by molar-refractivity contribution is -0.175. The Morgan fingerprint density at radius 1 is 1.07 bits per heavy atom. The Bertz CT molecular complexity index is 2540. The number of carbonyl (C=O) groups is 1. The second kappa shape index (κ2) is 13.6. The van der Waals surface area contributed by atoms with E-state index in [2.05, 4.69) is 28.2 Å². The number of epoxide rings is 1. The summed E-state index contributed by atoms with van der Waals surface area (Å²) in [4.78, 5) is 43.7. The van der Waals surface area contributed by atoms with E-state index in [-0.39, 0.29) is 28.3 Å². The number of aromatic nitrogens is 2. The van der Waals surface area contributed by atoms with Crippen LogP contribution in [-0.2, 0) is 33.0 Å². The van der Waals surface area contributed by atoms with Gasteiger partial charge in [0.05, 0.1) is 29.7 Å². The van der Waals surface area contributed by atoms with Gasteiger partial charge >= 0.3 is 5.97 Å². The zero-order chi connectivity index (χ0) is 39.2. The number of aliphatic imine (C=N–C) groups is 1. The SMILES string of the molecule is Cc1cc(=O)c2c(O)c3c(cc2o1)O[C@@]1(C)CCSSCc2c(cc(CN4C=C5N=CC=C5C4)nc2N)-c2cc(cc(N)n2)CC[C@H]2O[C@]24CCC[C@H]3[C@H]1OC4=O. The first-order valence-corrected chi connectivity index (χ1v) is 21.8. The van der Waals surface area contributed by atoms with Crippen LogP contribution in [0.3, 0.4) is 0 Å². The van der Waals surface area contributed by atoms with Crippen molar-refractivity contribution in [3.05, 3.63) is 92.2 Å². The third kappa shape index (κ3) is 6.25. The lowest BCUT2D eigenvalue weighted by Gasteiger charge is -2.47. The van der Waals surface area contributed by atoms with Gasteiger partial charge in [0, 0.05) is 77.2 Å². The van der Waals surface area contributed by atoms with Gasteiger partial charge in [-0.25, -0.2) is 14.8 Å². The third-order valence-electron chi connectivity index (χ3n) is 12.2. The molecule has 6 aliphatic rings. The first-order chi connectivity index (χ1) is 27.5. The fraction of sp³-hybridized carbons (Fsp3) is 0.405. The number of nitrogen functional groups attached to an aromatic ring is 2. The van der Waals surface area contributed by atoms with Crippen LogP contribution < -0.4 is 21.6 Å². The molecular weight excluding hydrogens is 765 g/mol. The molecule has 1 spiro atoms. The molecular formula is C42H42N6O7S2. The number of allylic oxidation sites excluding steroid dienone is 1. The van der Waals surface area contributed by atoms with Crippen molar-refractivity contribution in [2.24, 2.45) is 4.99 Å². The van der Waals surface area contributed by atoms with E-state index in [1.165, 1.54) is 11.6 Å². The van der Waals surface area contributed by atoms with Gasteiger partial charge in [-0.1, -0.05) is 21.6 Å². The number of aryl methyl sites for hydroxylation is 2. The summed E-state index contributed by atoms with van der Waals surface area (Å²) < 4.78 is 25.5. The molecule has 15 heteroatoms. The number of rotatable bonds is 2. The number of aromatic hydroxyl groups is 1. The molecule has 10 rings (SSSR count). The van der Waals surface area contributed by atoms with Crippen molar-refractivity contribution in [1.82, 2.24) is 14.9 Å². The topological polar surface area (TPSA) is 192 Å². The number of anilines is 2. The molecule has 57 heavy (non-hydrogen) atoms. The number of nitrogens with two attached hydrogens (primary N) is 2. The van der Waals surface area contributed by atoms with Gasteiger partial charge in [0.15, 0.2) is 11.0 Å². The number of benzene rings is 1. The molecule has 5 atom stereocenters. The summed E-state index contributed by atoms with van der Waals surface area (Å²) >= 11 is 0. The summed E-state index contributed by atoms with van der Waals surface area (Å²) in [5, 5.41) is 11.8. The molecule has 3 aromatic heterocycles. The van der Waals surface area contributed by atoms with Crippen LogP contribution in [0.25, 0.3) is 22.2 Å². The number of hydrogen-bond acceptors (Lipinski definition) is 15. The Morgan fingerprint density at radius 3 is 2.81 bits per heavy atom. The summed E-state index contributed by atoms with van der Waals surface area (Å²) in [5.41, 5.74) is 18.0. The number of fused-ring (bicyclic) bond motifs is 9. The molecule has 9 heterocycles. The lowest BCUT2D eigenvalue weighted by atomic mass is 9.74. The largest absolute Gasteiger partial charge is 0.507 e. The third-order valence-corrected chi connectivity index (χ3v) is 14.5. The number of carbonyl (C=O) groups excluding carboxylic acids is 1. The number of pyridine rings is 2. The van der Waals surface area contributed by atoms with Gasteiger partial charge in [-0.3, -0.25) is 9.79 Å². The predicted molar refractivity (Wildman–Crippen MR) is 220 cm³/mol. The van der Waals surface area contributed by atoms with Gasteiger partial charge in [-0.15, -0.1) is 0 Å². The molecule has 2 saturated heterocycles. The van der Waals surface area contributed by atoms with Gasteiger partial charge in [-0.05, 0) is 75.8 Å². The number of ether oxygens (including phenoxy) is 3. The van der Waals surface area contributed by atoms with Crippen LogP contribution in [0.5, 0.6) is 11.5 Å². The molecule has 0 unspecified atom stereocenters. The maximum atomic E-state index is 14.3. The zero-order valence-electron chi connectivity index (χ0n) is 31.6. The lowest BCUT2D eigenvalue weighted by Crippen LogP contribution is -2.55. The van der Waals surface area contributed by atoms with E-state index in [0.29, 0.717) is 85.3 Å². The highest BCUT2D eigenvalue weighted by Crippen LogP contribution is 2.55. The maximum absolute atomic E-state index is 14.3. The molecule has 1 aromatic carbocycles. The van der Waals surface area contributed by atoms with E-state index in [1.54, 1.807) is 34.6 Å². The monoisotopic (exact) mass is 806 g/mol. The smallest absolute Gasteiger partial charge is 0.341 e. The predicted octanol–water partition coefficient (Wildman–Crippen LogP) is 6.48. The zero-order valence-corrected chi connectivity index (χ0v) is 33.2. The molecule has 4 aromatic rings. The Kier molecular flexibility index (Phi) is 8.65. The molecule has 6 aliphatic heterocycles. The van der Waals surface area contributed by atoms with Crippen LogP contribution in [0.4, 0.5) is 11.6 Å². The van der Waals surface area contributed by atoms with E-state index in [0.717, 1.165) is 40.3 Å².